The number of fused-ring (bicyclic) bond motifs is 1. The van der Waals surface area contributed by atoms with Gasteiger partial charge < -0.3 is 10.1 Å². The minimum Gasteiger partial charge on any atom is -0.380 e. The van der Waals surface area contributed by atoms with Gasteiger partial charge in [0.25, 0.3) is 5.91 Å². The molecule has 1 aliphatic carbocycles. The highest BCUT2D eigenvalue weighted by atomic mass is 32.1. The summed E-state index contributed by atoms with van der Waals surface area (Å²) in [5, 5.41) is 9.48. The highest BCUT2D eigenvalue weighted by molar-refractivity contribution is 7.17. The summed E-state index contributed by atoms with van der Waals surface area (Å²) in [4.78, 5) is 17.5. The number of hydrogen-bond acceptors (Lipinski definition) is 5. The van der Waals surface area contributed by atoms with Crippen molar-refractivity contribution in [3.63, 3.8) is 0 Å². The molecule has 1 aliphatic heterocycles. The summed E-state index contributed by atoms with van der Waals surface area (Å²) in [6.07, 6.45) is 6.47. The Kier molecular flexibility index (Phi) is 4.40. The number of rotatable bonds is 5. The Balaban J connectivity index is 1.22. The summed E-state index contributed by atoms with van der Waals surface area (Å²) >= 11 is 1.67. The largest absolute Gasteiger partial charge is 0.380 e. The van der Waals surface area contributed by atoms with Crippen molar-refractivity contribution in [3.8, 4) is 5.69 Å². The molecule has 6 rings (SSSR count). The second-order valence-corrected chi connectivity index (χ2v) is 9.58. The maximum Gasteiger partial charge on any atom is 0.270 e. The molecule has 1 amide bonds. The van der Waals surface area contributed by atoms with E-state index in [4.69, 9.17) is 4.74 Å². The molecule has 0 atom stereocenters. The number of hydrogen-bond donors (Lipinski definition) is 1. The zero-order valence-electron chi connectivity index (χ0n) is 17.0. The fourth-order valence-corrected chi connectivity index (χ4v) is 5.50. The maximum absolute atomic E-state index is 12.9. The second-order valence-electron chi connectivity index (χ2n) is 8.67. The Bertz CT molecular complexity index is 1230. The van der Waals surface area contributed by atoms with Crippen LogP contribution in [0.25, 0.3) is 15.9 Å². The molecule has 156 valence electrons. The first-order valence-electron chi connectivity index (χ1n) is 10.5. The number of carbonyl (C=O) groups is 1. The van der Waals surface area contributed by atoms with Gasteiger partial charge in [0.15, 0.2) is 0 Å². The molecule has 0 radical (unpaired) electrons. The highest BCUT2D eigenvalue weighted by Gasteiger charge is 2.50. The average Bonchev–Trinajstić information content (AvgIpc) is 3.41. The normalized spacial score (nSPS) is 17.4. The molecule has 4 aromatic rings. The van der Waals surface area contributed by atoms with Crippen LogP contribution >= 0.6 is 11.3 Å². The molecule has 0 bridgehead atoms. The van der Waals surface area contributed by atoms with Crippen molar-refractivity contribution >= 4 is 27.5 Å². The lowest BCUT2D eigenvalue weighted by atomic mass is 9.64. The van der Waals surface area contributed by atoms with Crippen LogP contribution in [0.2, 0.25) is 0 Å². The van der Waals surface area contributed by atoms with Gasteiger partial charge in [-0.3, -0.25) is 4.79 Å². The fourth-order valence-electron chi connectivity index (χ4n) is 4.65. The lowest BCUT2D eigenvalue weighted by Gasteiger charge is -2.53. The van der Waals surface area contributed by atoms with Gasteiger partial charge in [-0.15, -0.1) is 11.3 Å². The summed E-state index contributed by atoms with van der Waals surface area (Å²) in [6, 6.07) is 14.5. The summed E-state index contributed by atoms with van der Waals surface area (Å²) < 4.78 is 8.31. The molecular formula is C24H22N4O2S. The SMILES string of the molecule is O=C(NC1CC2(COC2)C1)c1cc(Cc2ccc(-n3cccn3)cc2)c2sccc2n1. The van der Waals surface area contributed by atoms with E-state index >= 15 is 0 Å². The first-order chi connectivity index (χ1) is 15.2. The first-order valence-corrected chi connectivity index (χ1v) is 11.4. The second kappa shape index (κ2) is 7.28. The zero-order valence-corrected chi connectivity index (χ0v) is 17.8. The zero-order chi connectivity index (χ0) is 20.8. The summed E-state index contributed by atoms with van der Waals surface area (Å²) in [5.41, 5.74) is 5.07. The average molecular weight is 431 g/mol. The number of benzene rings is 1. The van der Waals surface area contributed by atoms with Gasteiger partial charge in [-0.1, -0.05) is 12.1 Å². The molecule has 1 aromatic carbocycles. The van der Waals surface area contributed by atoms with E-state index in [0.717, 1.165) is 53.9 Å². The molecule has 7 heteroatoms. The van der Waals surface area contributed by atoms with E-state index in [-0.39, 0.29) is 11.9 Å². The van der Waals surface area contributed by atoms with Crippen molar-refractivity contribution in [3.05, 3.63) is 77.1 Å². The maximum atomic E-state index is 12.9. The molecule has 1 saturated heterocycles. The number of aromatic nitrogens is 3. The number of nitrogens with one attached hydrogen (secondary N) is 1. The van der Waals surface area contributed by atoms with Crippen LogP contribution in [0.4, 0.5) is 0 Å². The lowest BCUT2D eigenvalue weighted by Crippen LogP contribution is -2.59. The van der Waals surface area contributed by atoms with E-state index in [1.807, 2.05) is 34.5 Å². The molecular weight excluding hydrogens is 408 g/mol. The standard InChI is InChI=1S/C24H22N4O2S/c29-23(26-18-12-24(13-18)14-30-15-24)21-11-17(22-20(27-21)6-9-31-22)10-16-2-4-19(5-3-16)28-8-1-7-25-28/h1-9,11,18H,10,12-15H2,(H,26,29). The van der Waals surface area contributed by atoms with Gasteiger partial charge in [0.2, 0.25) is 0 Å². The number of nitrogens with zero attached hydrogens (tertiary/aromatic N) is 3. The molecule has 2 fully saturated rings. The van der Waals surface area contributed by atoms with Gasteiger partial charge in [0, 0.05) is 23.9 Å². The number of ether oxygens (including phenoxy) is 1. The van der Waals surface area contributed by atoms with Gasteiger partial charge in [0.05, 0.1) is 29.1 Å². The lowest BCUT2D eigenvalue weighted by molar-refractivity contribution is -0.165. The van der Waals surface area contributed by atoms with Crippen LogP contribution in [0.5, 0.6) is 0 Å². The van der Waals surface area contributed by atoms with Crippen molar-refractivity contribution in [2.75, 3.05) is 13.2 Å². The molecule has 6 nitrogen and oxygen atoms in total. The Labute approximate surface area is 183 Å². The molecule has 0 unspecified atom stereocenters. The van der Waals surface area contributed by atoms with E-state index in [1.54, 1.807) is 17.5 Å². The topological polar surface area (TPSA) is 69.0 Å². The third kappa shape index (κ3) is 3.43. The van der Waals surface area contributed by atoms with E-state index in [0.29, 0.717) is 11.1 Å². The van der Waals surface area contributed by atoms with Crippen LogP contribution < -0.4 is 5.32 Å². The molecule has 31 heavy (non-hydrogen) atoms. The summed E-state index contributed by atoms with van der Waals surface area (Å²) in [7, 11) is 0. The van der Waals surface area contributed by atoms with Crippen LogP contribution in [-0.2, 0) is 11.2 Å². The van der Waals surface area contributed by atoms with Gasteiger partial charge >= 0.3 is 0 Å². The van der Waals surface area contributed by atoms with Crippen molar-refractivity contribution in [2.45, 2.75) is 25.3 Å². The number of amides is 1. The molecule has 1 spiro atoms. The Hall–Kier alpha value is -3.03. The van der Waals surface area contributed by atoms with E-state index in [2.05, 4.69) is 39.7 Å². The predicted molar refractivity (Wildman–Crippen MR) is 120 cm³/mol. The minimum atomic E-state index is -0.0801. The minimum absolute atomic E-state index is 0.0801. The summed E-state index contributed by atoms with van der Waals surface area (Å²) in [5.74, 6) is -0.0801. The van der Waals surface area contributed by atoms with Crippen LogP contribution in [0.3, 0.4) is 0 Å². The Morgan fingerprint density at radius 2 is 2.06 bits per heavy atom. The smallest absolute Gasteiger partial charge is 0.270 e. The number of thiophene rings is 1. The fraction of sp³-hybridized carbons (Fsp3) is 0.292. The van der Waals surface area contributed by atoms with Crippen molar-refractivity contribution < 1.29 is 9.53 Å². The quantitative estimate of drug-likeness (QED) is 0.520. The first kappa shape index (κ1) is 18.7. The van der Waals surface area contributed by atoms with Crippen LogP contribution in [0.1, 0.15) is 34.5 Å². The predicted octanol–water partition coefficient (Wildman–Crippen LogP) is 3.98. The van der Waals surface area contributed by atoms with Crippen molar-refractivity contribution in [2.24, 2.45) is 5.41 Å². The third-order valence-corrected chi connectivity index (χ3v) is 7.31. The van der Waals surface area contributed by atoms with E-state index < -0.39 is 0 Å². The van der Waals surface area contributed by atoms with Gasteiger partial charge in [-0.25, -0.2) is 9.67 Å². The van der Waals surface area contributed by atoms with Gasteiger partial charge in [-0.2, -0.15) is 5.10 Å². The van der Waals surface area contributed by atoms with Crippen molar-refractivity contribution in [1.29, 1.82) is 0 Å². The molecule has 2 aliphatic rings. The molecule has 3 aromatic heterocycles. The Morgan fingerprint density at radius 3 is 2.77 bits per heavy atom. The highest BCUT2D eigenvalue weighted by Crippen LogP contribution is 2.46. The van der Waals surface area contributed by atoms with E-state index in [1.165, 1.54) is 5.56 Å². The number of carbonyl (C=O) groups excluding carboxylic acids is 1. The molecule has 4 heterocycles. The van der Waals surface area contributed by atoms with Crippen LogP contribution in [-0.4, -0.2) is 39.9 Å². The third-order valence-electron chi connectivity index (χ3n) is 6.33. The van der Waals surface area contributed by atoms with Gasteiger partial charge in [-0.05, 0) is 66.1 Å². The van der Waals surface area contributed by atoms with Crippen molar-refractivity contribution in [1.82, 2.24) is 20.1 Å². The Morgan fingerprint density at radius 1 is 1.23 bits per heavy atom. The molecule has 1 saturated carbocycles. The van der Waals surface area contributed by atoms with Crippen LogP contribution in [0.15, 0.2) is 60.2 Å². The summed E-state index contributed by atoms with van der Waals surface area (Å²) in [6.45, 7) is 1.67. The monoisotopic (exact) mass is 430 g/mol. The van der Waals surface area contributed by atoms with Crippen LogP contribution in [0, 0.1) is 5.41 Å². The van der Waals surface area contributed by atoms with Gasteiger partial charge in [0.1, 0.15) is 5.69 Å². The van der Waals surface area contributed by atoms with E-state index in [9.17, 15) is 4.79 Å². The molecule has 1 N–H and O–H groups in total. The number of pyridine rings is 1.